The fourth-order valence-corrected chi connectivity index (χ4v) is 3.91. The first-order valence-electron chi connectivity index (χ1n) is 8.02. The Bertz CT molecular complexity index is 1130. The van der Waals surface area contributed by atoms with Crippen LogP contribution < -0.4 is 10.1 Å². The molecule has 6 nitrogen and oxygen atoms in total. The topological polar surface area (TPSA) is 72.8 Å². The van der Waals surface area contributed by atoms with Crippen LogP contribution >= 0.6 is 11.3 Å². The van der Waals surface area contributed by atoms with Crippen LogP contribution in [0.25, 0.3) is 20.4 Å². The van der Waals surface area contributed by atoms with Crippen LogP contribution in [0.3, 0.4) is 0 Å². The number of aromatic nitrogens is 4. The number of aryl methyl sites for hydroxylation is 2. The average molecular weight is 369 g/mol. The maximum atomic E-state index is 13.9. The lowest BCUT2D eigenvalue weighted by molar-refractivity contribution is 0.386. The third-order valence-corrected chi connectivity index (χ3v) is 5.41. The molecule has 0 spiro atoms. The Morgan fingerprint density at radius 3 is 2.81 bits per heavy atom. The van der Waals surface area contributed by atoms with Crippen molar-refractivity contribution in [1.29, 1.82) is 0 Å². The molecule has 1 N–H and O–H groups in total. The summed E-state index contributed by atoms with van der Waals surface area (Å²) in [5.74, 6) is 0.543. The van der Waals surface area contributed by atoms with Gasteiger partial charge in [-0.05, 0) is 37.1 Å². The third kappa shape index (κ3) is 2.72. The summed E-state index contributed by atoms with van der Waals surface area (Å²) in [4.78, 5) is 9.62. The van der Waals surface area contributed by atoms with Gasteiger partial charge in [-0.3, -0.25) is 0 Å². The van der Waals surface area contributed by atoms with E-state index in [0.29, 0.717) is 12.4 Å². The largest absolute Gasteiger partial charge is 0.494 e. The Hall–Kier alpha value is -2.87. The van der Waals surface area contributed by atoms with Crippen LogP contribution in [0, 0.1) is 19.7 Å². The predicted molar refractivity (Wildman–Crippen MR) is 100 cm³/mol. The standard InChI is InChI=1S/C18H16FN5OS/c1-9-10(2)23-24-18-14(9)15-16(26-18)17(22-8-21-15)20-7-11-4-5-13(25-3)12(19)6-11/h4-6,8H,7H2,1-3H3,(H,20,21,22). The molecule has 0 aliphatic heterocycles. The van der Waals surface area contributed by atoms with Gasteiger partial charge in [0.1, 0.15) is 17.0 Å². The summed E-state index contributed by atoms with van der Waals surface area (Å²) in [5.41, 5.74) is 3.61. The van der Waals surface area contributed by atoms with Crippen molar-refractivity contribution in [3.05, 3.63) is 47.2 Å². The molecular weight excluding hydrogens is 353 g/mol. The van der Waals surface area contributed by atoms with E-state index in [1.54, 1.807) is 6.07 Å². The molecule has 0 aliphatic rings. The summed E-state index contributed by atoms with van der Waals surface area (Å²) >= 11 is 1.50. The lowest BCUT2D eigenvalue weighted by atomic mass is 10.1. The highest BCUT2D eigenvalue weighted by Crippen LogP contribution is 2.36. The Balaban J connectivity index is 1.71. The van der Waals surface area contributed by atoms with Gasteiger partial charge in [-0.1, -0.05) is 6.07 Å². The van der Waals surface area contributed by atoms with Gasteiger partial charge >= 0.3 is 0 Å². The molecule has 26 heavy (non-hydrogen) atoms. The minimum absolute atomic E-state index is 0.229. The number of hydrogen-bond acceptors (Lipinski definition) is 7. The Labute approximate surface area is 153 Å². The number of ether oxygens (including phenoxy) is 1. The molecule has 8 heteroatoms. The molecule has 0 amide bonds. The molecule has 3 heterocycles. The maximum Gasteiger partial charge on any atom is 0.165 e. The van der Waals surface area contributed by atoms with Gasteiger partial charge in [-0.25, -0.2) is 14.4 Å². The minimum Gasteiger partial charge on any atom is -0.494 e. The van der Waals surface area contributed by atoms with Crippen molar-refractivity contribution in [2.24, 2.45) is 0 Å². The zero-order valence-corrected chi connectivity index (χ0v) is 15.3. The number of nitrogens with zero attached hydrogens (tertiary/aromatic N) is 4. The van der Waals surface area contributed by atoms with Gasteiger partial charge < -0.3 is 10.1 Å². The van der Waals surface area contributed by atoms with Crippen molar-refractivity contribution >= 4 is 37.6 Å². The monoisotopic (exact) mass is 369 g/mol. The summed E-state index contributed by atoms with van der Waals surface area (Å²) in [7, 11) is 1.45. The first-order valence-corrected chi connectivity index (χ1v) is 8.83. The number of halogens is 1. The fraction of sp³-hybridized carbons (Fsp3) is 0.222. The zero-order valence-electron chi connectivity index (χ0n) is 14.5. The highest BCUT2D eigenvalue weighted by molar-refractivity contribution is 7.25. The van der Waals surface area contributed by atoms with Crippen LogP contribution in [-0.2, 0) is 6.54 Å². The number of thiophene rings is 1. The van der Waals surface area contributed by atoms with Crippen molar-refractivity contribution < 1.29 is 9.13 Å². The van der Waals surface area contributed by atoms with Gasteiger partial charge in [0.05, 0.1) is 23.0 Å². The van der Waals surface area contributed by atoms with E-state index in [-0.39, 0.29) is 11.6 Å². The summed E-state index contributed by atoms with van der Waals surface area (Å²) in [5, 5.41) is 12.7. The highest BCUT2D eigenvalue weighted by atomic mass is 32.1. The van der Waals surface area contributed by atoms with Crippen molar-refractivity contribution in [3.63, 3.8) is 0 Å². The van der Waals surface area contributed by atoms with Gasteiger partial charge in [0.25, 0.3) is 0 Å². The summed E-state index contributed by atoms with van der Waals surface area (Å²) in [6.07, 6.45) is 1.53. The molecule has 3 aromatic heterocycles. The summed E-state index contributed by atoms with van der Waals surface area (Å²) < 4.78 is 19.7. The molecule has 0 atom stereocenters. The Kier molecular flexibility index (Phi) is 4.12. The number of rotatable bonds is 4. The molecule has 4 rings (SSSR count). The Morgan fingerprint density at radius 2 is 2.04 bits per heavy atom. The van der Waals surface area contributed by atoms with Crippen LogP contribution in [0.4, 0.5) is 10.2 Å². The molecule has 132 valence electrons. The van der Waals surface area contributed by atoms with E-state index in [1.807, 2.05) is 19.9 Å². The quantitative estimate of drug-likeness (QED) is 0.586. The minimum atomic E-state index is -0.386. The number of fused-ring (bicyclic) bond motifs is 3. The number of methoxy groups -OCH3 is 1. The van der Waals surface area contributed by atoms with Crippen molar-refractivity contribution in [1.82, 2.24) is 20.2 Å². The number of benzene rings is 1. The van der Waals surface area contributed by atoms with Crippen molar-refractivity contribution in [2.75, 3.05) is 12.4 Å². The van der Waals surface area contributed by atoms with E-state index >= 15 is 0 Å². The average Bonchev–Trinajstić information content (AvgIpc) is 3.03. The van der Waals surface area contributed by atoms with Crippen LogP contribution in [0.15, 0.2) is 24.5 Å². The van der Waals surface area contributed by atoms with Crippen molar-refractivity contribution in [2.45, 2.75) is 20.4 Å². The number of nitrogens with one attached hydrogen (secondary N) is 1. The van der Waals surface area contributed by atoms with Crippen LogP contribution in [0.1, 0.15) is 16.8 Å². The third-order valence-electron chi connectivity index (χ3n) is 4.34. The molecule has 4 aromatic rings. The zero-order chi connectivity index (χ0) is 18.3. The molecule has 0 aliphatic carbocycles. The van der Waals surface area contributed by atoms with E-state index in [9.17, 15) is 4.39 Å². The normalized spacial score (nSPS) is 11.2. The van der Waals surface area contributed by atoms with Gasteiger partial charge in [-0.15, -0.1) is 16.4 Å². The van der Waals surface area contributed by atoms with Crippen LogP contribution in [0.5, 0.6) is 5.75 Å². The first-order chi connectivity index (χ1) is 12.6. The molecule has 0 saturated carbocycles. The smallest absolute Gasteiger partial charge is 0.165 e. The van der Waals surface area contributed by atoms with E-state index in [1.165, 1.54) is 30.8 Å². The molecule has 0 fully saturated rings. The molecule has 0 radical (unpaired) electrons. The fourth-order valence-electron chi connectivity index (χ4n) is 2.81. The summed E-state index contributed by atoms with van der Waals surface area (Å²) in [6, 6.07) is 4.88. The summed E-state index contributed by atoms with van der Waals surface area (Å²) in [6.45, 7) is 4.39. The maximum absolute atomic E-state index is 13.9. The lowest BCUT2D eigenvalue weighted by Gasteiger charge is -2.08. The Morgan fingerprint density at radius 1 is 1.19 bits per heavy atom. The van der Waals surface area contributed by atoms with Crippen LogP contribution in [0.2, 0.25) is 0 Å². The van der Waals surface area contributed by atoms with E-state index < -0.39 is 0 Å². The molecular formula is C18H16FN5OS. The predicted octanol–water partition coefficient (Wildman–Crippen LogP) is 4.01. The molecule has 0 bridgehead atoms. The SMILES string of the molecule is COc1ccc(CNc2ncnc3c2sc2nnc(C)c(C)c23)cc1F. The molecule has 0 saturated heterocycles. The second-order valence-electron chi connectivity index (χ2n) is 5.92. The molecule has 0 unspecified atom stereocenters. The number of hydrogen-bond donors (Lipinski definition) is 1. The van der Waals surface area contributed by atoms with Crippen molar-refractivity contribution in [3.8, 4) is 5.75 Å². The lowest BCUT2D eigenvalue weighted by Crippen LogP contribution is -2.02. The van der Waals surface area contributed by atoms with E-state index in [2.05, 4.69) is 25.5 Å². The second-order valence-corrected chi connectivity index (χ2v) is 6.91. The second kappa shape index (κ2) is 6.45. The van der Waals surface area contributed by atoms with Gasteiger partial charge in [0.15, 0.2) is 11.6 Å². The van der Waals surface area contributed by atoms with Gasteiger partial charge in [0, 0.05) is 11.9 Å². The van der Waals surface area contributed by atoms with Gasteiger partial charge in [0.2, 0.25) is 0 Å². The van der Waals surface area contributed by atoms with Crippen LogP contribution in [-0.4, -0.2) is 27.3 Å². The van der Waals surface area contributed by atoms with Gasteiger partial charge in [-0.2, -0.15) is 5.10 Å². The van der Waals surface area contributed by atoms with E-state index in [0.717, 1.165) is 37.3 Å². The number of anilines is 1. The highest BCUT2D eigenvalue weighted by Gasteiger charge is 2.15. The van der Waals surface area contributed by atoms with E-state index in [4.69, 9.17) is 4.74 Å². The first kappa shape index (κ1) is 16.6. The molecule has 1 aromatic carbocycles.